The molecule has 0 radical (unpaired) electrons. The summed E-state index contributed by atoms with van der Waals surface area (Å²) in [7, 11) is 0. The molecule has 3 rings (SSSR count). The zero-order valence-electron chi connectivity index (χ0n) is 8.27. The molecule has 1 aliphatic carbocycles. The van der Waals surface area contributed by atoms with Crippen LogP contribution in [0.3, 0.4) is 0 Å². The van der Waals surface area contributed by atoms with Crippen LogP contribution in [0.5, 0.6) is 0 Å². The van der Waals surface area contributed by atoms with Gasteiger partial charge < -0.3 is 0 Å². The van der Waals surface area contributed by atoms with Gasteiger partial charge in [-0.15, -0.1) is 11.8 Å². The van der Waals surface area contributed by atoms with Gasteiger partial charge in [-0.05, 0) is 0 Å². The van der Waals surface area contributed by atoms with Gasteiger partial charge in [0.05, 0.1) is 4.91 Å². The summed E-state index contributed by atoms with van der Waals surface area (Å²) >= 11 is 1.38. The average Bonchev–Trinajstić information content (AvgIpc) is 2.36. The number of Topliss-reactive ketones (excluding diaryl/α,β-unsaturated/α-hetero) is 2. The second kappa shape index (κ2) is 3.42. The number of carbonyl (C=O) groups excluding carboxylic acids is 2. The lowest BCUT2D eigenvalue weighted by Gasteiger charge is -2.19. The Hall–Kier alpha value is -1.68. The number of benzene rings is 1. The van der Waals surface area contributed by atoms with Crippen molar-refractivity contribution in [2.24, 2.45) is 4.99 Å². The van der Waals surface area contributed by atoms with Crippen molar-refractivity contribution in [3.8, 4) is 0 Å². The molecule has 0 amide bonds. The van der Waals surface area contributed by atoms with E-state index in [1.807, 2.05) is 0 Å². The first kappa shape index (κ1) is 9.54. The fourth-order valence-corrected chi connectivity index (χ4v) is 2.68. The summed E-state index contributed by atoms with van der Waals surface area (Å²) in [6.07, 6.45) is 1.67. The summed E-state index contributed by atoms with van der Waals surface area (Å²) in [5, 5.41) is 0. The van der Waals surface area contributed by atoms with E-state index in [-0.39, 0.29) is 11.6 Å². The molecule has 0 aromatic heterocycles. The van der Waals surface area contributed by atoms with Crippen LogP contribution in [-0.2, 0) is 0 Å². The van der Waals surface area contributed by atoms with Crippen LogP contribution in [0.2, 0.25) is 0 Å². The largest absolute Gasteiger partial charge is 0.288 e. The lowest BCUT2D eigenvalue weighted by Crippen LogP contribution is -2.21. The molecule has 0 bridgehead atoms. The Kier molecular flexibility index (Phi) is 2.04. The standard InChI is InChI=1S/C12H7NO2S/c14-10-7-3-1-2-4-8(7)11(15)12-9(10)13-5-6-16-12/h1-5H,6H2. The van der Waals surface area contributed by atoms with Gasteiger partial charge in [0.15, 0.2) is 0 Å². The molecule has 0 spiro atoms. The summed E-state index contributed by atoms with van der Waals surface area (Å²) < 4.78 is 0. The maximum Gasteiger partial charge on any atom is 0.213 e. The Bertz CT molecular complexity index is 572. The second-order valence-corrected chi connectivity index (χ2v) is 4.53. The molecule has 0 saturated carbocycles. The molecular formula is C12H7NO2S. The van der Waals surface area contributed by atoms with Gasteiger partial charge in [-0.2, -0.15) is 0 Å². The molecule has 0 fully saturated rings. The van der Waals surface area contributed by atoms with Crippen molar-refractivity contribution in [1.82, 2.24) is 0 Å². The lowest BCUT2D eigenvalue weighted by atomic mass is 9.92. The van der Waals surface area contributed by atoms with Crippen molar-refractivity contribution >= 4 is 29.5 Å². The quantitative estimate of drug-likeness (QED) is 0.684. The zero-order valence-corrected chi connectivity index (χ0v) is 9.08. The van der Waals surface area contributed by atoms with Crippen molar-refractivity contribution in [2.45, 2.75) is 0 Å². The van der Waals surface area contributed by atoms with Crippen LogP contribution in [0.15, 0.2) is 39.9 Å². The summed E-state index contributed by atoms with van der Waals surface area (Å²) in [6, 6.07) is 6.90. The van der Waals surface area contributed by atoms with Gasteiger partial charge in [0.25, 0.3) is 0 Å². The van der Waals surface area contributed by atoms with Crippen LogP contribution in [0, 0.1) is 0 Å². The fraction of sp³-hybridized carbons (Fsp3) is 0.0833. The van der Waals surface area contributed by atoms with Crippen molar-refractivity contribution in [3.05, 3.63) is 46.0 Å². The smallest absolute Gasteiger partial charge is 0.213 e. The highest BCUT2D eigenvalue weighted by atomic mass is 32.2. The van der Waals surface area contributed by atoms with Gasteiger partial charge in [0.1, 0.15) is 5.70 Å². The predicted octanol–water partition coefficient (Wildman–Crippen LogP) is 2.09. The molecule has 16 heavy (non-hydrogen) atoms. The number of thioether (sulfide) groups is 1. The summed E-state index contributed by atoms with van der Waals surface area (Å²) in [5.41, 5.74) is 1.27. The topological polar surface area (TPSA) is 46.5 Å². The van der Waals surface area contributed by atoms with Crippen LogP contribution < -0.4 is 0 Å². The number of hydrogen-bond acceptors (Lipinski definition) is 4. The Labute approximate surface area is 96.3 Å². The number of aliphatic imine (C=N–C) groups is 1. The highest BCUT2D eigenvalue weighted by molar-refractivity contribution is 8.04. The summed E-state index contributed by atoms with van der Waals surface area (Å²) in [5.74, 6) is 0.431. The molecule has 1 aliphatic heterocycles. The van der Waals surface area contributed by atoms with Crippen LogP contribution in [0.4, 0.5) is 0 Å². The molecule has 4 heteroatoms. The van der Waals surface area contributed by atoms with E-state index in [1.54, 1.807) is 30.5 Å². The van der Waals surface area contributed by atoms with Crippen LogP contribution in [0.1, 0.15) is 20.7 Å². The van der Waals surface area contributed by atoms with E-state index in [1.165, 1.54) is 11.8 Å². The van der Waals surface area contributed by atoms with Crippen molar-refractivity contribution in [1.29, 1.82) is 0 Å². The first-order chi connectivity index (χ1) is 7.79. The highest BCUT2D eigenvalue weighted by Crippen LogP contribution is 2.34. The lowest BCUT2D eigenvalue weighted by molar-refractivity contribution is 0.0980. The normalized spacial score (nSPS) is 18.5. The Balaban J connectivity index is 2.26. The second-order valence-electron chi connectivity index (χ2n) is 3.50. The first-order valence-corrected chi connectivity index (χ1v) is 5.85. The SMILES string of the molecule is O=C1C2=C(SCC=N2)C(=O)c2ccccc21. The Morgan fingerprint density at radius 3 is 2.50 bits per heavy atom. The van der Waals surface area contributed by atoms with E-state index in [0.717, 1.165) is 0 Å². The van der Waals surface area contributed by atoms with Gasteiger partial charge in [0.2, 0.25) is 11.6 Å². The highest BCUT2D eigenvalue weighted by Gasteiger charge is 2.32. The number of carbonyl (C=O) groups is 2. The number of hydrogen-bond donors (Lipinski definition) is 0. The minimum atomic E-state index is -0.145. The first-order valence-electron chi connectivity index (χ1n) is 4.87. The van der Waals surface area contributed by atoms with Crippen LogP contribution in [0.25, 0.3) is 0 Å². The number of rotatable bonds is 0. The Morgan fingerprint density at radius 1 is 1.06 bits per heavy atom. The van der Waals surface area contributed by atoms with E-state index in [4.69, 9.17) is 0 Å². The van der Waals surface area contributed by atoms with Gasteiger partial charge in [-0.1, -0.05) is 24.3 Å². The third-order valence-electron chi connectivity index (χ3n) is 2.58. The van der Waals surface area contributed by atoms with Crippen LogP contribution >= 0.6 is 11.8 Å². The zero-order chi connectivity index (χ0) is 11.1. The molecular weight excluding hydrogens is 222 g/mol. The summed E-state index contributed by atoms with van der Waals surface area (Å²) in [6.45, 7) is 0. The predicted molar refractivity (Wildman–Crippen MR) is 63.1 cm³/mol. The van der Waals surface area contributed by atoms with Gasteiger partial charge in [0, 0.05) is 23.1 Å². The van der Waals surface area contributed by atoms with E-state index >= 15 is 0 Å². The molecule has 1 aromatic carbocycles. The van der Waals surface area contributed by atoms with Crippen molar-refractivity contribution in [3.63, 3.8) is 0 Å². The third-order valence-corrected chi connectivity index (χ3v) is 3.56. The van der Waals surface area contributed by atoms with E-state index in [2.05, 4.69) is 4.99 Å². The molecule has 1 aromatic rings. The van der Waals surface area contributed by atoms with Crippen molar-refractivity contribution in [2.75, 3.05) is 5.75 Å². The number of allylic oxidation sites excluding steroid dienone is 2. The van der Waals surface area contributed by atoms with Gasteiger partial charge in [-0.3, -0.25) is 14.6 Å². The molecule has 78 valence electrons. The number of fused-ring (bicyclic) bond motifs is 1. The minimum absolute atomic E-state index is 0.0768. The van der Waals surface area contributed by atoms with E-state index < -0.39 is 0 Å². The van der Waals surface area contributed by atoms with E-state index in [0.29, 0.717) is 27.5 Å². The minimum Gasteiger partial charge on any atom is -0.288 e. The number of nitrogens with zero attached hydrogens (tertiary/aromatic N) is 1. The third kappa shape index (κ3) is 1.20. The molecule has 1 heterocycles. The van der Waals surface area contributed by atoms with E-state index in [9.17, 15) is 9.59 Å². The van der Waals surface area contributed by atoms with Gasteiger partial charge in [-0.25, -0.2) is 0 Å². The number of ketones is 2. The molecule has 3 nitrogen and oxygen atoms in total. The molecule has 2 aliphatic rings. The fourth-order valence-electron chi connectivity index (χ4n) is 1.84. The average molecular weight is 229 g/mol. The van der Waals surface area contributed by atoms with Crippen LogP contribution in [-0.4, -0.2) is 23.5 Å². The van der Waals surface area contributed by atoms with Crippen molar-refractivity contribution < 1.29 is 9.59 Å². The Morgan fingerprint density at radius 2 is 1.75 bits per heavy atom. The maximum absolute atomic E-state index is 12.1. The summed E-state index contributed by atoms with van der Waals surface area (Å²) in [4.78, 5) is 28.7. The maximum atomic E-state index is 12.1. The molecule has 0 unspecified atom stereocenters. The van der Waals surface area contributed by atoms with Gasteiger partial charge >= 0.3 is 0 Å². The molecule has 0 saturated heterocycles. The monoisotopic (exact) mass is 229 g/mol. The molecule has 0 N–H and O–H groups in total. The molecule has 0 atom stereocenters.